The minimum atomic E-state index is -0.0747. The standard InChI is InChI=1S/C8H18O2.C7H16O2/c1-4-8(5-2,10-3)6-7-9;1-3-9-7(2)5-4-6-8/h9H,4-7H2,1-3H3;7-8H,3-6H2,1-2H3. The van der Waals surface area contributed by atoms with Gasteiger partial charge in [-0.25, -0.2) is 0 Å². The van der Waals surface area contributed by atoms with Crippen molar-refractivity contribution < 1.29 is 19.7 Å². The van der Waals surface area contributed by atoms with Crippen LogP contribution in [0.25, 0.3) is 0 Å². The first-order valence-corrected chi connectivity index (χ1v) is 7.44. The summed E-state index contributed by atoms with van der Waals surface area (Å²) in [5, 5.41) is 17.1. The van der Waals surface area contributed by atoms with E-state index < -0.39 is 0 Å². The number of hydrogen-bond acceptors (Lipinski definition) is 4. The fraction of sp³-hybridized carbons (Fsp3) is 1.00. The summed E-state index contributed by atoms with van der Waals surface area (Å²) in [7, 11) is 1.71. The summed E-state index contributed by atoms with van der Waals surface area (Å²) in [4.78, 5) is 0. The molecule has 0 heterocycles. The molecule has 0 amide bonds. The van der Waals surface area contributed by atoms with Crippen LogP contribution < -0.4 is 0 Å². The predicted molar refractivity (Wildman–Crippen MR) is 79.4 cm³/mol. The number of aliphatic hydroxyl groups is 2. The van der Waals surface area contributed by atoms with Gasteiger partial charge in [0, 0.05) is 26.9 Å². The van der Waals surface area contributed by atoms with E-state index in [4.69, 9.17) is 19.7 Å². The van der Waals surface area contributed by atoms with Crippen molar-refractivity contribution in [3.63, 3.8) is 0 Å². The van der Waals surface area contributed by atoms with Gasteiger partial charge in [0.1, 0.15) is 0 Å². The summed E-state index contributed by atoms with van der Waals surface area (Å²) in [5.74, 6) is 0. The second-order valence-corrected chi connectivity index (χ2v) is 4.70. The Bertz CT molecular complexity index is 161. The van der Waals surface area contributed by atoms with Crippen molar-refractivity contribution in [2.24, 2.45) is 0 Å². The van der Waals surface area contributed by atoms with Gasteiger partial charge in [-0.3, -0.25) is 0 Å². The Kier molecular flexibility index (Phi) is 15.9. The highest BCUT2D eigenvalue weighted by molar-refractivity contribution is 4.76. The van der Waals surface area contributed by atoms with Crippen LogP contribution in [0.4, 0.5) is 0 Å². The number of aliphatic hydroxyl groups excluding tert-OH is 2. The number of ether oxygens (including phenoxy) is 2. The third-order valence-corrected chi connectivity index (χ3v) is 3.51. The second kappa shape index (κ2) is 14.3. The molecule has 118 valence electrons. The molecule has 1 atom stereocenters. The zero-order valence-electron chi connectivity index (χ0n) is 13.4. The van der Waals surface area contributed by atoms with Crippen molar-refractivity contribution in [2.45, 2.75) is 71.5 Å². The van der Waals surface area contributed by atoms with Crippen molar-refractivity contribution in [1.82, 2.24) is 0 Å². The molecule has 0 aliphatic rings. The van der Waals surface area contributed by atoms with Crippen LogP contribution in [0.15, 0.2) is 0 Å². The van der Waals surface area contributed by atoms with Crippen LogP contribution in [0.3, 0.4) is 0 Å². The van der Waals surface area contributed by atoms with Gasteiger partial charge >= 0.3 is 0 Å². The van der Waals surface area contributed by atoms with E-state index in [9.17, 15) is 0 Å². The molecule has 1 unspecified atom stereocenters. The lowest BCUT2D eigenvalue weighted by molar-refractivity contribution is -0.0340. The molecule has 19 heavy (non-hydrogen) atoms. The number of hydrogen-bond donors (Lipinski definition) is 2. The molecule has 0 aromatic carbocycles. The van der Waals surface area contributed by atoms with Crippen molar-refractivity contribution in [2.75, 3.05) is 26.9 Å². The zero-order valence-corrected chi connectivity index (χ0v) is 13.4. The molecule has 2 N–H and O–H groups in total. The molecule has 0 fully saturated rings. The fourth-order valence-electron chi connectivity index (χ4n) is 1.94. The van der Waals surface area contributed by atoms with E-state index in [1.54, 1.807) is 7.11 Å². The second-order valence-electron chi connectivity index (χ2n) is 4.70. The molecule has 0 saturated carbocycles. The molecule has 0 aromatic rings. The van der Waals surface area contributed by atoms with E-state index in [0.717, 1.165) is 38.7 Å². The van der Waals surface area contributed by atoms with Gasteiger partial charge in [-0.2, -0.15) is 0 Å². The van der Waals surface area contributed by atoms with Crippen LogP contribution in [0.1, 0.15) is 59.8 Å². The fourth-order valence-corrected chi connectivity index (χ4v) is 1.94. The van der Waals surface area contributed by atoms with Crippen LogP contribution in [0.2, 0.25) is 0 Å². The van der Waals surface area contributed by atoms with E-state index in [1.165, 1.54) is 0 Å². The largest absolute Gasteiger partial charge is 0.396 e. The van der Waals surface area contributed by atoms with Crippen molar-refractivity contribution in [1.29, 1.82) is 0 Å². The average Bonchev–Trinajstić information content (AvgIpc) is 2.44. The highest BCUT2D eigenvalue weighted by Crippen LogP contribution is 2.22. The summed E-state index contributed by atoms with van der Waals surface area (Å²) in [6.45, 7) is 9.44. The minimum absolute atomic E-state index is 0.0747. The van der Waals surface area contributed by atoms with Gasteiger partial charge in [0.05, 0.1) is 11.7 Å². The Morgan fingerprint density at radius 2 is 1.63 bits per heavy atom. The summed E-state index contributed by atoms with van der Waals surface area (Å²) in [5.41, 5.74) is -0.0747. The van der Waals surface area contributed by atoms with Crippen LogP contribution in [-0.2, 0) is 9.47 Å². The van der Waals surface area contributed by atoms with Crippen LogP contribution in [0, 0.1) is 0 Å². The van der Waals surface area contributed by atoms with Crippen LogP contribution in [-0.4, -0.2) is 48.8 Å². The SMILES string of the molecule is CCC(CC)(CCO)OC.CCOC(C)CCCO. The Morgan fingerprint density at radius 3 is 1.89 bits per heavy atom. The predicted octanol–water partition coefficient (Wildman–Crippen LogP) is 2.76. The first-order valence-electron chi connectivity index (χ1n) is 7.44. The Labute approximate surface area is 119 Å². The minimum Gasteiger partial charge on any atom is -0.396 e. The highest BCUT2D eigenvalue weighted by atomic mass is 16.5. The van der Waals surface area contributed by atoms with E-state index >= 15 is 0 Å². The molecule has 0 aliphatic carbocycles. The molecule has 4 heteroatoms. The lowest BCUT2D eigenvalue weighted by Gasteiger charge is -2.29. The first-order chi connectivity index (χ1) is 9.05. The quantitative estimate of drug-likeness (QED) is 0.645. The van der Waals surface area contributed by atoms with Crippen LogP contribution in [0.5, 0.6) is 0 Å². The molecule has 0 saturated heterocycles. The molecular weight excluding hydrogens is 244 g/mol. The Morgan fingerprint density at radius 1 is 1.05 bits per heavy atom. The lowest BCUT2D eigenvalue weighted by Crippen LogP contribution is -2.30. The van der Waals surface area contributed by atoms with E-state index in [1.807, 2.05) is 13.8 Å². The van der Waals surface area contributed by atoms with Gasteiger partial charge in [0.15, 0.2) is 0 Å². The zero-order chi connectivity index (χ0) is 15.1. The van der Waals surface area contributed by atoms with Gasteiger partial charge in [-0.1, -0.05) is 13.8 Å². The summed E-state index contributed by atoms with van der Waals surface area (Å²) >= 11 is 0. The van der Waals surface area contributed by atoms with Gasteiger partial charge in [0.2, 0.25) is 0 Å². The normalized spacial score (nSPS) is 12.8. The first kappa shape index (κ1) is 21.1. The summed E-state index contributed by atoms with van der Waals surface area (Å²) in [6.07, 6.45) is 4.81. The molecule has 4 nitrogen and oxygen atoms in total. The van der Waals surface area contributed by atoms with E-state index in [2.05, 4.69) is 13.8 Å². The maximum absolute atomic E-state index is 8.72. The third kappa shape index (κ3) is 11.4. The summed E-state index contributed by atoms with van der Waals surface area (Å²) in [6, 6.07) is 0. The molecule has 0 spiro atoms. The Hall–Kier alpha value is -0.160. The van der Waals surface area contributed by atoms with Crippen molar-refractivity contribution in [3.8, 4) is 0 Å². The van der Waals surface area contributed by atoms with Crippen LogP contribution >= 0.6 is 0 Å². The monoisotopic (exact) mass is 278 g/mol. The Balaban J connectivity index is 0. The van der Waals surface area contributed by atoms with E-state index in [-0.39, 0.29) is 18.8 Å². The van der Waals surface area contributed by atoms with Gasteiger partial charge in [-0.05, 0) is 46.0 Å². The number of rotatable bonds is 10. The van der Waals surface area contributed by atoms with Crippen molar-refractivity contribution >= 4 is 0 Å². The molecule has 0 rings (SSSR count). The molecule has 0 aliphatic heterocycles. The molecular formula is C15H34O4. The molecule has 0 bridgehead atoms. The molecule has 0 aromatic heterocycles. The van der Waals surface area contributed by atoms with Gasteiger partial charge < -0.3 is 19.7 Å². The smallest absolute Gasteiger partial charge is 0.0695 e. The third-order valence-electron chi connectivity index (χ3n) is 3.51. The van der Waals surface area contributed by atoms with E-state index in [0.29, 0.717) is 6.10 Å². The average molecular weight is 278 g/mol. The van der Waals surface area contributed by atoms with Gasteiger partial charge in [-0.15, -0.1) is 0 Å². The maximum Gasteiger partial charge on any atom is 0.0695 e. The molecule has 0 radical (unpaired) electrons. The maximum atomic E-state index is 8.72. The van der Waals surface area contributed by atoms with Gasteiger partial charge in [0.25, 0.3) is 0 Å². The highest BCUT2D eigenvalue weighted by Gasteiger charge is 2.23. The summed E-state index contributed by atoms with van der Waals surface area (Å²) < 4.78 is 10.5. The van der Waals surface area contributed by atoms with Crippen molar-refractivity contribution in [3.05, 3.63) is 0 Å². The lowest BCUT2D eigenvalue weighted by atomic mass is 9.94. The number of methoxy groups -OCH3 is 1. The topological polar surface area (TPSA) is 58.9 Å².